The van der Waals surface area contributed by atoms with Gasteiger partial charge in [-0.3, -0.25) is 4.21 Å². The minimum Gasteiger partial charge on any atom is -0.477 e. The fourth-order valence-corrected chi connectivity index (χ4v) is 4.47. The molecule has 17 heavy (non-hydrogen) atoms. The highest BCUT2D eigenvalue weighted by molar-refractivity contribution is 7.84. The molecule has 1 aliphatic rings. The van der Waals surface area contributed by atoms with Gasteiger partial charge in [0.2, 0.25) is 0 Å². The highest BCUT2D eigenvalue weighted by Crippen LogP contribution is 2.41. The molecule has 0 unspecified atom stereocenters. The fourth-order valence-electron chi connectivity index (χ4n) is 1.94. The number of rotatable bonds is 1. The Bertz CT molecular complexity index is 643. The molecule has 3 rings (SSSR count). The zero-order valence-electron chi connectivity index (χ0n) is 8.67. The molecule has 2 aromatic rings. The lowest BCUT2D eigenvalue weighted by atomic mass is 10.1. The Morgan fingerprint density at radius 2 is 2.12 bits per heavy atom. The van der Waals surface area contributed by atoms with Crippen LogP contribution in [0.4, 0.5) is 0 Å². The topological polar surface area (TPSA) is 54.4 Å². The number of hydrogen-bond acceptors (Lipinski definition) is 3. The van der Waals surface area contributed by atoms with Crippen LogP contribution in [0.25, 0.3) is 10.4 Å². The molecule has 0 bridgehead atoms. The van der Waals surface area contributed by atoms with Crippen LogP contribution < -0.4 is 0 Å². The monoisotopic (exact) mass is 264 g/mol. The van der Waals surface area contributed by atoms with Crippen molar-refractivity contribution in [2.24, 2.45) is 0 Å². The summed E-state index contributed by atoms with van der Waals surface area (Å²) in [6.07, 6.45) is 0. The normalized spacial score (nSPS) is 17.3. The van der Waals surface area contributed by atoms with Gasteiger partial charge in [-0.1, -0.05) is 18.2 Å². The summed E-state index contributed by atoms with van der Waals surface area (Å²) in [7, 11) is -1.06. The first-order chi connectivity index (χ1) is 8.16. The Hall–Kier alpha value is -1.46. The molecule has 1 aromatic heterocycles. The van der Waals surface area contributed by atoms with E-state index in [9.17, 15) is 9.00 Å². The Morgan fingerprint density at radius 3 is 2.88 bits per heavy atom. The van der Waals surface area contributed by atoms with Crippen molar-refractivity contribution < 1.29 is 14.1 Å². The molecule has 2 heterocycles. The number of benzene rings is 1. The van der Waals surface area contributed by atoms with Crippen LogP contribution in [0.15, 0.2) is 35.2 Å². The van der Waals surface area contributed by atoms with Gasteiger partial charge in [0.05, 0.1) is 16.6 Å². The average Bonchev–Trinajstić information content (AvgIpc) is 2.73. The number of carbonyl (C=O) groups is 1. The first-order valence-corrected chi connectivity index (χ1v) is 7.14. The predicted octanol–water partition coefficient (Wildman–Crippen LogP) is 2.73. The van der Waals surface area contributed by atoms with Gasteiger partial charge >= 0.3 is 5.97 Å². The highest BCUT2D eigenvalue weighted by atomic mass is 32.2. The Morgan fingerprint density at radius 1 is 1.35 bits per heavy atom. The summed E-state index contributed by atoms with van der Waals surface area (Å²) >= 11 is 1.25. The zero-order chi connectivity index (χ0) is 12.0. The molecule has 0 spiro atoms. The third kappa shape index (κ3) is 1.62. The van der Waals surface area contributed by atoms with Gasteiger partial charge in [-0.15, -0.1) is 11.3 Å². The standard InChI is InChI=1S/C12H8O3S2/c13-12(14)9-5-7-6-17(15)10-4-2-1-3-8(10)11(7)16-9/h1-5H,6H2,(H,13,14)/t17-/m0/s1. The fraction of sp³-hybridized carbons (Fsp3) is 0.0833. The van der Waals surface area contributed by atoms with Crippen molar-refractivity contribution in [1.29, 1.82) is 0 Å². The van der Waals surface area contributed by atoms with Crippen LogP contribution in [0.5, 0.6) is 0 Å². The lowest BCUT2D eigenvalue weighted by Crippen LogP contribution is -2.04. The van der Waals surface area contributed by atoms with Gasteiger partial charge in [0, 0.05) is 15.3 Å². The molecular formula is C12H8O3S2. The van der Waals surface area contributed by atoms with Gasteiger partial charge in [0.1, 0.15) is 4.88 Å². The SMILES string of the molecule is O=C(O)c1cc2c(s1)-c1ccccc1[S@@](=O)C2. The Kier molecular flexibility index (Phi) is 2.38. The smallest absolute Gasteiger partial charge is 0.345 e. The van der Waals surface area contributed by atoms with Crippen molar-refractivity contribution in [3.05, 3.63) is 40.8 Å². The summed E-state index contributed by atoms with van der Waals surface area (Å²) in [6.45, 7) is 0. The van der Waals surface area contributed by atoms with E-state index in [1.165, 1.54) is 11.3 Å². The van der Waals surface area contributed by atoms with Gasteiger partial charge in [-0.2, -0.15) is 0 Å². The predicted molar refractivity (Wildman–Crippen MR) is 66.8 cm³/mol. The first-order valence-electron chi connectivity index (χ1n) is 5.00. The molecule has 1 aliphatic heterocycles. The van der Waals surface area contributed by atoms with Crippen molar-refractivity contribution in [3.63, 3.8) is 0 Å². The second kappa shape index (κ2) is 3.78. The van der Waals surface area contributed by atoms with E-state index in [2.05, 4.69) is 0 Å². The number of aromatic carboxylic acids is 1. The summed E-state index contributed by atoms with van der Waals surface area (Å²) in [6, 6.07) is 9.11. The Balaban J connectivity index is 2.26. The maximum atomic E-state index is 12.0. The number of carboxylic acids is 1. The van der Waals surface area contributed by atoms with Gasteiger partial charge in [0.15, 0.2) is 0 Å². The van der Waals surface area contributed by atoms with Crippen LogP contribution in [-0.4, -0.2) is 15.3 Å². The van der Waals surface area contributed by atoms with E-state index in [0.29, 0.717) is 10.6 Å². The highest BCUT2D eigenvalue weighted by Gasteiger charge is 2.25. The van der Waals surface area contributed by atoms with Crippen molar-refractivity contribution in [2.75, 3.05) is 0 Å². The molecule has 1 aromatic carbocycles. The molecule has 0 saturated carbocycles. The minimum absolute atomic E-state index is 0.309. The molecule has 1 N–H and O–H groups in total. The van der Waals surface area contributed by atoms with Crippen molar-refractivity contribution >= 4 is 28.1 Å². The minimum atomic E-state index is -1.06. The lowest BCUT2D eigenvalue weighted by molar-refractivity contribution is 0.0702. The van der Waals surface area contributed by atoms with E-state index in [1.54, 1.807) is 6.07 Å². The molecule has 0 saturated heterocycles. The van der Waals surface area contributed by atoms with Crippen LogP contribution in [0.3, 0.4) is 0 Å². The molecular weight excluding hydrogens is 256 g/mol. The maximum Gasteiger partial charge on any atom is 0.345 e. The van der Waals surface area contributed by atoms with Crippen LogP contribution in [0.1, 0.15) is 15.2 Å². The van der Waals surface area contributed by atoms with Crippen molar-refractivity contribution in [1.82, 2.24) is 0 Å². The van der Waals surface area contributed by atoms with E-state index in [0.717, 1.165) is 20.9 Å². The van der Waals surface area contributed by atoms with E-state index >= 15 is 0 Å². The van der Waals surface area contributed by atoms with Crippen molar-refractivity contribution in [2.45, 2.75) is 10.6 Å². The van der Waals surface area contributed by atoms with Gasteiger partial charge in [-0.05, 0) is 17.7 Å². The lowest BCUT2D eigenvalue weighted by Gasteiger charge is -2.14. The first kappa shape index (κ1) is 10.7. The third-order valence-electron chi connectivity index (χ3n) is 2.68. The van der Waals surface area contributed by atoms with Crippen LogP contribution in [-0.2, 0) is 16.6 Å². The largest absolute Gasteiger partial charge is 0.477 e. The van der Waals surface area contributed by atoms with Gasteiger partial charge in [0.25, 0.3) is 0 Å². The molecule has 0 amide bonds. The van der Waals surface area contributed by atoms with Crippen LogP contribution >= 0.6 is 11.3 Å². The molecule has 5 heteroatoms. The van der Waals surface area contributed by atoms with E-state index in [4.69, 9.17) is 5.11 Å². The number of hydrogen-bond donors (Lipinski definition) is 1. The molecule has 0 radical (unpaired) electrons. The molecule has 0 aliphatic carbocycles. The quantitative estimate of drug-likeness (QED) is 0.861. The number of carboxylic acid groups (broad SMARTS) is 1. The third-order valence-corrected chi connectivity index (χ3v) is 5.30. The number of fused-ring (bicyclic) bond motifs is 3. The zero-order valence-corrected chi connectivity index (χ0v) is 10.3. The summed E-state index contributed by atoms with van der Waals surface area (Å²) in [5, 5.41) is 8.98. The second-order valence-corrected chi connectivity index (χ2v) is 6.23. The Labute approximate surface area is 104 Å². The maximum absolute atomic E-state index is 12.0. The second-order valence-electron chi connectivity index (χ2n) is 3.76. The molecule has 86 valence electrons. The van der Waals surface area contributed by atoms with Gasteiger partial charge in [-0.25, -0.2) is 4.79 Å². The molecule has 0 fully saturated rings. The molecule has 1 atom stereocenters. The summed E-state index contributed by atoms with van der Waals surface area (Å²) in [4.78, 5) is 13.0. The van der Waals surface area contributed by atoms with Gasteiger partial charge < -0.3 is 5.11 Å². The summed E-state index contributed by atoms with van der Waals surface area (Å²) in [5.41, 5.74) is 1.79. The summed E-state index contributed by atoms with van der Waals surface area (Å²) in [5.74, 6) is -0.511. The average molecular weight is 264 g/mol. The van der Waals surface area contributed by atoms with E-state index in [-0.39, 0.29) is 0 Å². The van der Waals surface area contributed by atoms with Crippen LogP contribution in [0.2, 0.25) is 0 Å². The number of thiophene rings is 1. The summed E-state index contributed by atoms with van der Waals surface area (Å²) < 4.78 is 12.0. The molecule has 3 nitrogen and oxygen atoms in total. The van der Waals surface area contributed by atoms with E-state index in [1.807, 2.05) is 24.3 Å². The van der Waals surface area contributed by atoms with Crippen molar-refractivity contribution in [3.8, 4) is 10.4 Å². The van der Waals surface area contributed by atoms with E-state index < -0.39 is 16.8 Å². The van der Waals surface area contributed by atoms with Crippen LogP contribution in [0, 0.1) is 0 Å².